The normalized spacial score (nSPS) is 11.8. The van der Waals surface area contributed by atoms with Crippen LogP contribution in [0.25, 0.3) is 0 Å². The summed E-state index contributed by atoms with van der Waals surface area (Å²) in [6, 6.07) is 4.91. The van der Waals surface area contributed by atoms with Gasteiger partial charge in [0.2, 0.25) is 5.91 Å². The van der Waals surface area contributed by atoms with E-state index in [9.17, 15) is 9.59 Å². The lowest BCUT2D eigenvalue weighted by molar-refractivity contribution is -0.147. The van der Waals surface area contributed by atoms with Crippen LogP contribution in [-0.2, 0) is 20.7 Å². The highest BCUT2D eigenvalue weighted by Crippen LogP contribution is 2.21. The minimum atomic E-state index is -0.743. The van der Waals surface area contributed by atoms with Gasteiger partial charge in [0, 0.05) is 15.4 Å². The van der Waals surface area contributed by atoms with Crippen molar-refractivity contribution in [1.29, 1.82) is 0 Å². The first kappa shape index (κ1) is 17.1. The molecule has 110 valence electrons. The van der Waals surface area contributed by atoms with Crippen molar-refractivity contribution < 1.29 is 14.3 Å². The number of rotatable bonds is 6. The van der Waals surface area contributed by atoms with Gasteiger partial charge in [0.15, 0.2) is 0 Å². The molecule has 1 unspecified atom stereocenters. The lowest BCUT2D eigenvalue weighted by atomic mass is 10.1. The van der Waals surface area contributed by atoms with Crippen LogP contribution >= 0.6 is 31.9 Å². The number of hydrogen-bond acceptors (Lipinski definition) is 4. The molecule has 0 aromatic heterocycles. The fourth-order valence-electron chi connectivity index (χ4n) is 1.65. The molecule has 0 saturated carbocycles. The minimum absolute atomic E-state index is 0.169. The van der Waals surface area contributed by atoms with Gasteiger partial charge in [-0.05, 0) is 30.7 Å². The van der Waals surface area contributed by atoms with Crippen molar-refractivity contribution in [3.63, 3.8) is 0 Å². The van der Waals surface area contributed by atoms with Crippen molar-refractivity contribution in [2.75, 3.05) is 13.2 Å². The maximum atomic E-state index is 11.9. The van der Waals surface area contributed by atoms with E-state index in [0.717, 1.165) is 14.5 Å². The smallest absolute Gasteiger partial charge is 0.328 e. The number of benzene rings is 1. The van der Waals surface area contributed by atoms with E-state index in [-0.39, 0.29) is 13.2 Å². The molecule has 3 N–H and O–H groups in total. The third-order valence-electron chi connectivity index (χ3n) is 2.45. The molecule has 0 bridgehead atoms. The van der Waals surface area contributed by atoms with Gasteiger partial charge >= 0.3 is 5.97 Å². The quantitative estimate of drug-likeness (QED) is 0.704. The van der Waals surface area contributed by atoms with Crippen molar-refractivity contribution in [3.8, 4) is 0 Å². The highest BCUT2D eigenvalue weighted by molar-refractivity contribution is 9.11. The molecule has 0 aliphatic carbocycles. The van der Waals surface area contributed by atoms with Crippen LogP contribution in [0.4, 0.5) is 0 Å². The van der Waals surface area contributed by atoms with E-state index in [4.69, 9.17) is 10.5 Å². The van der Waals surface area contributed by atoms with E-state index in [1.807, 2.05) is 18.2 Å². The fourth-order valence-corrected chi connectivity index (χ4v) is 3.04. The van der Waals surface area contributed by atoms with Gasteiger partial charge in [0.25, 0.3) is 0 Å². The molecule has 7 heteroatoms. The van der Waals surface area contributed by atoms with Gasteiger partial charge in [0.1, 0.15) is 6.04 Å². The third-order valence-corrected chi connectivity index (χ3v) is 3.37. The number of amides is 1. The molecule has 1 rings (SSSR count). The Balaban J connectivity index is 2.87. The molecule has 0 fully saturated rings. The molecule has 1 atom stereocenters. The number of nitrogens with two attached hydrogens (primary N) is 1. The summed E-state index contributed by atoms with van der Waals surface area (Å²) in [4.78, 5) is 23.3. The fraction of sp³-hybridized carbons (Fsp3) is 0.385. The van der Waals surface area contributed by atoms with E-state index < -0.39 is 17.9 Å². The first-order chi connectivity index (χ1) is 9.46. The van der Waals surface area contributed by atoms with E-state index in [1.54, 1.807) is 6.92 Å². The summed E-state index contributed by atoms with van der Waals surface area (Å²) in [5, 5.41) is 2.57. The predicted octanol–water partition coefficient (Wildman–Crippen LogP) is 1.76. The molecule has 20 heavy (non-hydrogen) atoms. The van der Waals surface area contributed by atoms with Crippen molar-refractivity contribution in [2.24, 2.45) is 5.73 Å². The Labute approximate surface area is 134 Å². The van der Waals surface area contributed by atoms with Crippen LogP contribution in [0.2, 0.25) is 0 Å². The van der Waals surface area contributed by atoms with Crippen molar-refractivity contribution in [1.82, 2.24) is 5.32 Å². The average molecular weight is 408 g/mol. The van der Waals surface area contributed by atoms with E-state index in [0.29, 0.717) is 6.42 Å². The molecule has 1 amide bonds. The number of ether oxygens (including phenoxy) is 1. The molecule has 0 aliphatic rings. The number of carbonyl (C=O) groups excluding carboxylic acids is 2. The predicted molar refractivity (Wildman–Crippen MR) is 83.2 cm³/mol. The SMILES string of the molecule is CCOC(=O)C(Cc1cc(Br)cc(Br)c1)NC(=O)CN. The average Bonchev–Trinajstić information content (AvgIpc) is 2.36. The maximum absolute atomic E-state index is 11.9. The van der Waals surface area contributed by atoms with Gasteiger partial charge in [-0.25, -0.2) is 4.79 Å². The van der Waals surface area contributed by atoms with Gasteiger partial charge < -0.3 is 15.8 Å². The summed E-state index contributed by atoms with van der Waals surface area (Å²) in [5.41, 5.74) is 6.15. The number of nitrogens with one attached hydrogen (secondary N) is 1. The Morgan fingerprint density at radius 1 is 1.30 bits per heavy atom. The first-order valence-corrected chi connectivity index (χ1v) is 7.66. The highest BCUT2D eigenvalue weighted by Gasteiger charge is 2.22. The molecule has 1 aromatic carbocycles. The number of esters is 1. The second-order valence-electron chi connectivity index (χ2n) is 4.06. The van der Waals surface area contributed by atoms with Crippen LogP contribution in [0.3, 0.4) is 0 Å². The van der Waals surface area contributed by atoms with Crippen LogP contribution in [0.5, 0.6) is 0 Å². The van der Waals surface area contributed by atoms with Gasteiger partial charge in [0.05, 0.1) is 13.2 Å². The summed E-state index contributed by atoms with van der Waals surface area (Å²) in [6.45, 7) is 1.81. The largest absolute Gasteiger partial charge is 0.464 e. The Morgan fingerprint density at radius 2 is 1.90 bits per heavy atom. The maximum Gasteiger partial charge on any atom is 0.328 e. The third kappa shape index (κ3) is 5.60. The Morgan fingerprint density at radius 3 is 2.40 bits per heavy atom. The van der Waals surface area contributed by atoms with Gasteiger partial charge in [-0.2, -0.15) is 0 Å². The van der Waals surface area contributed by atoms with Gasteiger partial charge in [-0.15, -0.1) is 0 Å². The standard InChI is InChI=1S/C13H16Br2N2O3/c1-2-20-13(19)11(17-12(18)7-16)5-8-3-9(14)6-10(15)4-8/h3-4,6,11H,2,5,7,16H2,1H3,(H,17,18). The lowest BCUT2D eigenvalue weighted by Gasteiger charge is -2.17. The van der Waals surface area contributed by atoms with Crippen LogP contribution in [-0.4, -0.2) is 31.1 Å². The molecule has 1 aromatic rings. The highest BCUT2D eigenvalue weighted by atomic mass is 79.9. The van der Waals surface area contributed by atoms with Crippen LogP contribution in [0.1, 0.15) is 12.5 Å². The van der Waals surface area contributed by atoms with Crippen LogP contribution < -0.4 is 11.1 Å². The zero-order valence-electron chi connectivity index (χ0n) is 11.0. The van der Waals surface area contributed by atoms with Crippen molar-refractivity contribution in [2.45, 2.75) is 19.4 Å². The molecule has 5 nitrogen and oxygen atoms in total. The number of hydrogen-bond donors (Lipinski definition) is 2. The first-order valence-electron chi connectivity index (χ1n) is 6.07. The molecular weight excluding hydrogens is 392 g/mol. The lowest BCUT2D eigenvalue weighted by Crippen LogP contribution is -2.45. The molecule has 0 radical (unpaired) electrons. The zero-order valence-corrected chi connectivity index (χ0v) is 14.2. The van der Waals surface area contributed by atoms with Crippen molar-refractivity contribution >= 4 is 43.7 Å². The summed E-state index contributed by atoms with van der Waals surface area (Å²) in [5.74, 6) is -0.859. The summed E-state index contributed by atoms with van der Waals surface area (Å²) in [7, 11) is 0. The monoisotopic (exact) mass is 406 g/mol. The number of halogens is 2. The van der Waals surface area contributed by atoms with Crippen molar-refractivity contribution in [3.05, 3.63) is 32.7 Å². The van der Waals surface area contributed by atoms with Crippen LogP contribution in [0, 0.1) is 0 Å². The van der Waals surface area contributed by atoms with E-state index >= 15 is 0 Å². The Kier molecular flexibility index (Phi) is 7.18. The molecule has 0 spiro atoms. The molecule has 0 saturated heterocycles. The van der Waals surface area contributed by atoms with Crippen LogP contribution in [0.15, 0.2) is 27.1 Å². The second kappa shape index (κ2) is 8.39. The Bertz CT molecular complexity index is 474. The van der Waals surface area contributed by atoms with Gasteiger partial charge in [-0.1, -0.05) is 31.9 Å². The molecular formula is C13H16Br2N2O3. The Hall–Kier alpha value is -0.920. The summed E-state index contributed by atoms with van der Waals surface area (Å²) < 4.78 is 6.73. The summed E-state index contributed by atoms with van der Waals surface area (Å²) in [6.07, 6.45) is 0.336. The minimum Gasteiger partial charge on any atom is -0.464 e. The molecule has 0 aliphatic heterocycles. The second-order valence-corrected chi connectivity index (χ2v) is 5.89. The summed E-state index contributed by atoms with van der Waals surface area (Å²) >= 11 is 6.76. The van der Waals surface area contributed by atoms with E-state index in [1.165, 1.54) is 0 Å². The van der Waals surface area contributed by atoms with E-state index in [2.05, 4.69) is 37.2 Å². The zero-order chi connectivity index (χ0) is 15.1. The topological polar surface area (TPSA) is 81.4 Å². The van der Waals surface area contributed by atoms with Gasteiger partial charge in [-0.3, -0.25) is 4.79 Å². The molecule has 0 heterocycles. The number of carbonyl (C=O) groups is 2.